The maximum absolute atomic E-state index is 14.6. The van der Waals surface area contributed by atoms with Gasteiger partial charge in [-0.3, -0.25) is 14.4 Å². The molecular formula is C46H66N2O7. The number of hydrogen-bond donors (Lipinski definition) is 4. The molecule has 9 heteroatoms. The first-order chi connectivity index (χ1) is 25.8. The van der Waals surface area contributed by atoms with Crippen molar-refractivity contribution in [3.8, 4) is 0 Å². The van der Waals surface area contributed by atoms with Crippen molar-refractivity contribution < 1.29 is 34.5 Å². The quantitative estimate of drug-likeness (QED) is 0.109. The van der Waals surface area contributed by atoms with Crippen molar-refractivity contribution in [3.63, 3.8) is 0 Å². The number of aliphatic carboxylic acids is 2. The predicted octanol–water partition coefficient (Wildman–Crippen LogP) is 8.79. The summed E-state index contributed by atoms with van der Waals surface area (Å²) in [5.41, 5.74) is 3.85. The zero-order chi connectivity index (χ0) is 40.1. The minimum absolute atomic E-state index is 0.0428. The molecule has 0 radical (unpaired) electrons. The van der Waals surface area contributed by atoms with Gasteiger partial charge in [0, 0.05) is 19.6 Å². The molecule has 1 aromatic rings. The smallest absolute Gasteiger partial charge is 0.335 e. The Balaban J connectivity index is 1.21. The summed E-state index contributed by atoms with van der Waals surface area (Å²) in [6, 6.07) is 7.44. The number of carbonyl (C=O) groups excluding carboxylic acids is 1. The number of amides is 1. The monoisotopic (exact) mass is 758 g/mol. The van der Waals surface area contributed by atoms with E-state index in [0.29, 0.717) is 61.8 Å². The van der Waals surface area contributed by atoms with Crippen LogP contribution in [0, 0.1) is 56.7 Å². The molecule has 1 aromatic carbocycles. The number of allylic oxidation sites excluding steroid dienone is 3. The standard InChI is InChI=1S/C46H66N2O7/c1-29(2)32-15-22-46(41(55)47-25-8-26-48(27-18-37(49)50)28-19-38(51)52)24-23-44(6)34(39(32)46)13-14-36-43(5)20-16-33(30-9-11-31(12-10-30)40(53)54)42(3,4)35(43)17-21-45(36,44)7/h9-12,16,32,34-36,39H,1,8,13-15,17-28H2,2-7H3,(H,47,55)(H,49,50)(H,51,52)(H,53,54). The summed E-state index contributed by atoms with van der Waals surface area (Å²) in [5.74, 6) is -0.493. The highest BCUT2D eigenvalue weighted by Gasteiger charge is 2.71. The third kappa shape index (κ3) is 6.99. The maximum atomic E-state index is 14.6. The number of rotatable bonds is 14. The highest BCUT2D eigenvalue weighted by Crippen LogP contribution is 2.77. The van der Waals surface area contributed by atoms with Gasteiger partial charge in [-0.05, 0) is 152 Å². The van der Waals surface area contributed by atoms with Gasteiger partial charge < -0.3 is 25.5 Å². The first-order valence-corrected chi connectivity index (χ1v) is 21.0. The number of aromatic carboxylic acids is 1. The van der Waals surface area contributed by atoms with Gasteiger partial charge in [0.2, 0.25) is 5.91 Å². The van der Waals surface area contributed by atoms with Crippen LogP contribution >= 0.6 is 0 Å². The average molecular weight is 759 g/mol. The lowest BCUT2D eigenvalue weighted by molar-refractivity contribution is -0.225. The molecule has 0 heterocycles. The molecule has 4 fully saturated rings. The van der Waals surface area contributed by atoms with Gasteiger partial charge in [-0.1, -0.05) is 65.0 Å². The number of carbonyl (C=O) groups is 4. The molecule has 5 aliphatic carbocycles. The molecule has 0 spiro atoms. The lowest BCUT2D eigenvalue weighted by Gasteiger charge is -2.72. The van der Waals surface area contributed by atoms with Crippen molar-refractivity contribution in [1.29, 1.82) is 0 Å². The molecular weight excluding hydrogens is 693 g/mol. The number of hydrogen-bond acceptors (Lipinski definition) is 5. The molecule has 0 aromatic heterocycles. The summed E-state index contributed by atoms with van der Waals surface area (Å²) in [5, 5.41) is 31.2. The molecule has 302 valence electrons. The van der Waals surface area contributed by atoms with E-state index in [1.165, 1.54) is 17.6 Å². The van der Waals surface area contributed by atoms with Gasteiger partial charge in [0.05, 0.1) is 23.8 Å². The fourth-order valence-corrected chi connectivity index (χ4v) is 13.9. The Hall–Kier alpha value is -3.46. The normalized spacial score (nSPS) is 36.1. The highest BCUT2D eigenvalue weighted by atomic mass is 16.4. The van der Waals surface area contributed by atoms with Crippen molar-refractivity contribution in [1.82, 2.24) is 10.2 Å². The van der Waals surface area contributed by atoms with E-state index in [1.54, 1.807) is 12.1 Å². The second-order valence-electron chi connectivity index (χ2n) is 19.5. The van der Waals surface area contributed by atoms with Crippen LogP contribution in [0.1, 0.15) is 135 Å². The average Bonchev–Trinajstić information content (AvgIpc) is 3.52. The zero-order valence-electron chi connectivity index (χ0n) is 34.2. The van der Waals surface area contributed by atoms with Gasteiger partial charge in [0.15, 0.2) is 0 Å². The first kappa shape index (κ1) is 41.2. The van der Waals surface area contributed by atoms with E-state index in [4.69, 9.17) is 0 Å². The van der Waals surface area contributed by atoms with Crippen LogP contribution in [-0.4, -0.2) is 70.2 Å². The van der Waals surface area contributed by atoms with E-state index >= 15 is 0 Å². The van der Waals surface area contributed by atoms with Crippen molar-refractivity contribution in [2.75, 3.05) is 26.2 Å². The molecule has 5 aliphatic rings. The molecule has 1 amide bonds. The van der Waals surface area contributed by atoms with Crippen LogP contribution in [0.25, 0.3) is 5.57 Å². The maximum Gasteiger partial charge on any atom is 0.335 e. The second-order valence-corrected chi connectivity index (χ2v) is 19.5. The molecule has 0 saturated heterocycles. The van der Waals surface area contributed by atoms with E-state index in [-0.39, 0.29) is 46.3 Å². The van der Waals surface area contributed by atoms with Gasteiger partial charge in [0.1, 0.15) is 0 Å². The molecule has 0 bridgehead atoms. The van der Waals surface area contributed by atoms with E-state index in [9.17, 15) is 34.5 Å². The van der Waals surface area contributed by atoms with Crippen LogP contribution in [0.3, 0.4) is 0 Å². The number of benzene rings is 1. The molecule has 6 rings (SSSR count). The molecule has 9 atom stereocenters. The van der Waals surface area contributed by atoms with Gasteiger partial charge in [-0.15, -0.1) is 0 Å². The molecule has 4 saturated carbocycles. The lowest BCUT2D eigenvalue weighted by Crippen LogP contribution is -2.66. The topological polar surface area (TPSA) is 144 Å². The Kier molecular flexibility index (Phi) is 11.3. The van der Waals surface area contributed by atoms with Crippen LogP contribution in [0.5, 0.6) is 0 Å². The summed E-state index contributed by atoms with van der Waals surface area (Å²) < 4.78 is 0. The summed E-state index contributed by atoms with van der Waals surface area (Å²) >= 11 is 0. The van der Waals surface area contributed by atoms with Crippen LogP contribution in [0.4, 0.5) is 0 Å². The minimum Gasteiger partial charge on any atom is -0.481 e. The molecule has 0 aliphatic heterocycles. The molecule has 55 heavy (non-hydrogen) atoms. The summed E-state index contributed by atoms with van der Waals surface area (Å²) in [4.78, 5) is 50.4. The van der Waals surface area contributed by atoms with Crippen molar-refractivity contribution in [3.05, 3.63) is 53.6 Å². The fourth-order valence-electron chi connectivity index (χ4n) is 13.9. The number of fused-ring (bicyclic) bond motifs is 7. The largest absolute Gasteiger partial charge is 0.481 e. The van der Waals surface area contributed by atoms with Gasteiger partial charge in [0.25, 0.3) is 0 Å². The fraction of sp³-hybridized carbons (Fsp3) is 0.696. The van der Waals surface area contributed by atoms with E-state index in [2.05, 4.69) is 59.5 Å². The predicted molar refractivity (Wildman–Crippen MR) is 214 cm³/mol. The number of carboxylic acid groups (broad SMARTS) is 3. The Morgan fingerprint density at radius 1 is 0.800 bits per heavy atom. The lowest BCUT2D eigenvalue weighted by atomic mass is 9.32. The third-order valence-electron chi connectivity index (χ3n) is 16.8. The van der Waals surface area contributed by atoms with Crippen molar-refractivity contribution in [2.45, 2.75) is 119 Å². The van der Waals surface area contributed by atoms with Crippen LogP contribution in [-0.2, 0) is 14.4 Å². The molecule has 4 N–H and O–H groups in total. The minimum atomic E-state index is -0.906. The number of carboxylic acids is 3. The Labute approximate surface area is 328 Å². The number of nitrogens with zero attached hydrogens (tertiary/aromatic N) is 1. The summed E-state index contributed by atoms with van der Waals surface area (Å²) in [7, 11) is 0. The first-order valence-electron chi connectivity index (χ1n) is 21.0. The van der Waals surface area contributed by atoms with E-state index in [0.717, 1.165) is 56.9 Å². The zero-order valence-corrected chi connectivity index (χ0v) is 34.2. The molecule has 9 unspecified atom stereocenters. The molecule has 9 nitrogen and oxygen atoms in total. The van der Waals surface area contributed by atoms with Gasteiger partial charge in [-0.2, -0.15) is 0 Å². The van der Waals surface area contributed by atoms with E-state index in [1.807, 2.05) is 17.0 Å². The summed E-state index contributed by atoms with van der Waals surface area (Å²) in [6.45, 7) is 20.9. The van der Waals surface area contributed by atoms with E-state index < -0.39 is 23.3 Å². The van der Waals surface area contributed by atoms with Crippen LogP contribution < -0.4 is 5.32 Å². The van der Waals surface area contributed by atoms with Crippen LogP contribution in [0.15, 0.2) is 42.5 Å². The van der Waals surface area contributed by atoms with Gasteiger partial charge >= 0.3 is 17.9 Å². The number of nitrogens with one attached hydrogen (secondary N) is 1. The summed E-state index contributed by atoms with van der Waals surface area (Å²) in [6.07, 6.45) is 12.5. The van der Waals surface area contributed by atoms with Crippen molar-refractivity contribution in [2.24, 2.45) is 56.7 Å². The van der Waals surface area contributed by atoms with Gasteiger partial charge in [-0.25, -0.2) is 4.79 Å². The third-order valence-corrected chi connectivity index (χ3v) is 16.8. The van der Waals surface area contributed by atoms with Crippen molar-refractivity contribution >= 4 is 29.4 Å². The Morgan fingerprint density at radius 3 is 2.05 bits per heavy atom. The Morgan fingerprint density at radius 2 is 1.45 bits per heavy atom. The van der Waals surface area contributed by atoms with Crippen LogP contribution in [0.2, 0.25) is 0 Å². The SMILES string of the molecule is C=C(C)C1CCC2(C(=O)NCCCN(CCC(=O)O)CCC(=O)O)CCC3(C)C(CCC4C5(C)CC=C(c6ccc(C(=O)O)cc6)C(C)(C)C5CCC43C)C12. The Bertz CT molecular complexity index is 1700. The highest BCUT2D eigenvalue weighted by molar-refractivity contribution is 5.88. The second kappa shape index (κ2) is 15.1.